The van der Waals surface area contributed by atoms with Gasteiger partial charge in [0.1, 0.15) is 0 Å². The SMILES string of the molecule is CC.CC1CCCN(O)C1. The van der Waals surface area contributed by atoms with Crippen LogP contribution in [-0.2, 0) is 0 Å². The van der Waals surface area contributed by atoms with Crippen LogP contribution < -0.4 is 0 Å². The van der Waals surface area contributed by atoms with Crippen LogP contribution in [0, 0.1) is 5.92 Å². The zero-order chi connectivity index (χ0) is 7.98. The summed E-state index contributed by atoms with van der Waals surface area (Å²) in [6, 6.07) is 0. The molecule has 0 aliphatic carbocycles. The molecule has 0 saturated carbocycles. The van der Waals surface area contributed by atoms with Crippen molar-refractivity contribution in [2.24, 2.45) is 5.92 Å². The van der Waals surface area contributed by atoms with E-state index in [2.05, 4.69) is 6.92 Å². The first-order valence-corrected chi connectivity index (χ1v) is 4.23. The van der Waals surface area contributed by atoms with E-state index in [-0.39, 0.29) is 0 Å². The summed E-state index contributed by atoms with van der Waals surface area (Å²) in [5.74, 6) is 0.689. The number of rotatable bonds is 0. The minimum absolute atomic E-state index is 0.689. The third-order valence-corrected chi connectivity index (χ3v) is 1.64. The van der Waals surface area contributed by atoms with E-state index in [1.54, 1.807) is 0 Å². The second-order valence-electron chi connectivity index (χ2n) is 2.66. The van der Waals surface area contributed by atoms with Gasteiger partial charge in [-0.1, -0.05) is 20.8 Å². The molecule has 1 aliphatic heterocycles. The van der Waals surface area contributed by atoms with Gasteiger partial charge in [0.2, 0.25) is 0 Å². The molecule has 0 aromatic carbocycles. The molecule has 0 aromatic heterocycles. The molecule has 0 spiro atoms. The highest BCUT2D eigenvalue weighted by atomic mass is 16.5. The molecule has 62 valence electrons. The topological polar surface area (TPSA) is 23.5 Å². The van der Waals surface area contributed by atoms with Gasteiger partial charge in [-0.05, 0) is 18.8 Å². The van der Waals surface area contributed by atoms with Crippen LogP contribution in [-0.4, -0.2) is 23.4 Å². The van der Waals surface area contributed by atoms with E-state index >= 15 is 0 Å². The zero-order valence-corrected chi connectivity index (χ0v) is 7.30. The minimum atomic E-state index is 0.689. The van der Waals surface area contributed by atoms with E-state index in [1.807, 2.05) is 13.8 Å². The molecular formula is C8H19NO. The summed E-state index contributed by atoms with van der Waals surface area (Å²) in [7, 11) is 0. The van der Waals surface area contributed by atoms with Gasteiger partial charge in [-0.2, -0.15) is 5.06 Å². The van der Waals surface area contributed by atoms with E-state index in [0.717, 1.165) is 19.5 Å². The minimum Gasteiger partial charge on any atom is -0.314 e. The smallest absolute Gasteiger partial charge is 0.0263 e. The predicted molar refractivity (Wildman–Crippen MR) is 43.1 cm³/mol. The van der Waals surface area contributed by atoms with Crippen molar-refractivity contribution in [1.82, 2.24) is 5.06 Å². The molecule has 0 amide bonds. The van der Waals surface area contributed by atoms with Gasteiger partial charge in [-0.25, -0.2) is 0 Å². The van der Waals surface area contributed by atoms with Gasteiger partial charge in [0.25, 0.3) is 0 Å². The van der Waals surface area contributed by atoms with Crippen molar-refractivity contribution >= 4 is 0 Å². The molecule has 1 atom stereocenters. The van der Waals surface area contributed by atoms with Crippen molar-refractivity contribution in [1.29, 1.82) is 0 Å². The predicted octanol–water partition coefficient (Wildman–Crippen LogP) is 2.13. The average Bonchev–Trinajstić information content (AvgIpc) is 1.91. The van der Waals surface area contributed by atoms with E-state index in [1.165, 1.54) is 11.5 Å². The van der Waals surface area contributed by atoms with Crippen molar-refractivity contribution in [2.45, 2.75) is 33.6 Å². The summed E-state index contributed by atoms with van der Waals surface area (Å²) < 4.78 is 0. The first kappa shape index (κ1) is 9.92. The van der Waals surface area contributed by atoms with Gasteiger partial charge in [-0.3, -0.25) is 0 Å². The van der Waals surface area contributed by atoms with Crippen LogP contribution in [0.25, 0.3) is 0 Å². The normalized spacial score (nSPS) is 27.0. The number of piperidine rings is 1. The molecule has 0 radical (unpaired) electrons. The van der Waals surface area contributed by atoms with Crippen LogP contribution in [0.1, 0.15) is 33.6 Å². The van der Waals surface area contributed by atoms with Crippen molar-refractivity contribution in [3.63, 3.8) is 0 Å². The Morgan fingerprint density at radius 3 is 2.30 bits per heavy atom. The van der Waals surface area contributed by atoms with Crippen LogP contribution in [0.3, 0.4) is 0 Å². The summed E-state index contributed by atoms with van der Waals surface area (Å²) in [5, 5.41) is 10.3. The van der Waals surface area contributed by atoms with Gasteiger partial charge in [0.15, 0.2) is 0 Å². The molecule has 1 aliphatic rings. The third-order valence-electron chi connectivity index (χ3n) is 1.64. The standard InChI is InChI=1S/C6H13NO.C2H6/c1-6-3-2-4-7(8)5-6;1-2/h6,8H,2-5H2,1H3;1-2H3. The molecule has 2 heteroatoms. The first-order chi connectivity index (χ1) is 4.79. The molecule has 1 saturated heterocycles. The highest BCUT2D eigenvalue weighted by molar-refractivity contribution is 4.62. The third kappa shape index (κ3) is 3.85. The van der Waals surface area contributed by atoms with Crippen molar-refractivity contribution in [3.05, 3.63) is 0 Å². The van der Waals surface area contributed by atoms with Crippen molar-refractivity contribution in [2.75, 3.05) is 13.1 Å². The van der Waals surface area contributed by atoms with E-state index in [9.17, 15) is 0 Å². The Morgan fingerprint density at radius 1 is 1.40 bits per heavy atom. The maximum Gasteiger partial charge on any atom is 0.0263 e. The number of hydrogen-bond acceptors (Lipinski definition) is 2. The molecule has 0 bridgehead atoms. The first-order valence-electron chi connectivity index (χ1n) is 4.23. The van der Waals surface area contributed by atoms with E-state index in [0.29, 0.717) is 5.92 Å². The molecule has 1 fully saturated rings. The summed E-state index contributed by atoms with van der Waals surface area (Å²) >= 11 is 0. The molecule has 1 N–H and O–H groups in total. The van der Waals surface area contributed by atoms with Crippen LogP contribution in [0.2, 0.25) is 0 Å². The molecule has 10 heavy (non-hydrogen) atoms. The highest BCUT2D eigenvalue weighted by Gasteiger charge is 2.12. The molecule has 1 unspecified atom stereocenters. The van der Waals surface area contributed by atoms with Crippen LogP contribution in [0.5, 0.6) is 0 Å². The number of hydrogen-bond donors (Lipinski definition) is 1. The Hall–Kier alpha value is -0.0800. The second kappa shape index (κ2) is 5.69. The van der Waals surface area contributed by atoms with E-state index < -0.39 is 0 Å². The Morgan fingerprint density at radius 2 is 2.00 bits per heavy atom. The molecule has 1 rings (SSSR count). The van der Waals surface area contributed by atoms with Gasteiger partial charge in [0.05, 0.1) is 0 Å². The molecule has 2 nitrogen and oxygen atoms in total. The van der Waals surface area contributed by atoms with Crippen LogP contribution in [0.15, 0.2) is 0 Å². The maximum atomic E-state index is 8.91. The fraction of sp³-hybridized carbons (Fsp3) is 1.00. The summed E-state index contributed by atoms with van der Waals surface area (Å²) in [4.78, 5) is 0. The largest absolute Gasteiger partial charge is 0.314 e. The maximum absolute atomic E-state index is 8.91. The second-order valence-corrected chi connectivity index (χ2v) is 2.66. The zero-order valence-electron chi connectivity index (χ0n) is 7.30. The van der Waals surface area contributed by atoms with Gasteiger partial charge in [-0.15, -0.1) is 0 Å². The van der Waals surface area contributed by atoms with Gasteiger partial charge < -0.3 is 5.21 Å². The Balaban J connectivity index is 0.000000371. The van der Waals surface area contributed by atoms with Crippen LogP contribution in [0.4, 0.5) is 0 Å². The highest BCUT2D eigenvalue weighted by Crippen LogP contribution is 2.12. The van der Waals surface area contributed by atoms with Crippen molar-refractivity contribution < 1.29 is 5.21 Å². The average molecular weight is 145 g/mol. The lowest BCUT2D eigenvalue weighted by Gasteiger charge is -2.24. The lowest BCUT2D eigenvalue weighted by Crippen LogP contribution is -2.30. The van der Waals surface area contributed by atoms with Crippen LogP contribution >= 0.6 is 0 Å². The monoisotopic (exact) mass is 145 g/mol. The quantitative estimate of drug-likeness (QED) is 0.564. The summed E-state index contributed by atoms with van der Waals surface area (Å²) in [5.41, 5.74) is 0. The number of hydroxylamine groups is 2. The van der Waals surface area contributed by atoms with Gasteiger partial charge in [0, 0.05) is 13.1 Å². The Kier molecular flexibility index (Phi) is 5.64. The number of nitrogens with zero attached hydrogens (tertiary/aromatic N) is 1. The molecule has 1 heterocycles. The van der Waals surface area contributed by atoms with Gasteiger partial charge >= 0.3 is 0 Å². The van der Waals surface area contributed by atoms with Crippen molar-refractivity contribution in [3.8, 4) is 0 Å². The molecule has 0 aromatic rings. The lowest BCUT2D eigenvalue weighted by atomic mass is 10.0. The lowest BCUT2D eigenvalue weighted by molar-refractivity contribution is -0.115. The Bertz CT molecular complexity index is 67.7. The fourth-order valence-corrected chi connectivity index (χ4v) is 1.16. The Labute approximate surface area is 63.8 Å². The fourth-order valence-electron chi connectivity index (χ4n) is 1.16. The van der Waals surface area contributed by atoms with E-state index in [4.69, 9.17) is 5.21 Å². The summed E-state index contributed by atoms with van der Waals surface area (Å²) in [6.45, 7) is 7.90. The summed E-state index contributed by atoms with van der Waals surface area (Å²) in [6.07, 6.45) is 2.43. The molecular weight excluding hydrogens is 126 g/mol.